The molecular weight excluding hydrogens is 380 g/mol. The summed E-state index contributed by atoms with van der Waals surface area (Å²) in [6.45, 7) is 4.36. The van der Waals surface area contributed by atoms with Crippen LogP contribution in [0.15, 0.2) is 48.5 Å². The van der Waals surface area contributed by atoms with Gasteiger partial charge in [-0.1, -0.05) is 41.4 Å². The van der Waals surface area contributed by atoms with Crippen molar-refractivity contribution in [2.75, 3.05) is 31.9 Å². The van der Waals surface area contributed by atoms with Crippen LogP contribution in [0.5, 0.6) is 0 Å². The smallest absolute Gasteiger partial charge is 0.253 e. The SMILES string of the molecule is Cc1ccc(C(=O)N2CCN(C(=O)CSCc3ccc(Cl)cc3)CC2)cc1. The molecule has 0 saturated carbocycles. The Kier molecular flexibility index (Phi) is 6.80. The Hall–Kier alpha value is -1.98. The van der Waals surface area contributed by atoms with Crippen molar-refractivity contribution in [2.45, 2.75) is 12.7 Å². The fraction of sp³-hybridized carbons (Fsp3) is 0.333. The zero-order chi connectivity index (χ0) is 19.2. The van der Waals surface area contributed by atoms with Gasteiger partial charge in [-0.15, -0.1) is 11.8 Å². The molecule has 0 unspecified atom stereocenters. The van der Waals surface area contributed by atoms with Gasteiger partial charge in [0.25, 0.3) is 5.91 Å². The van der Waals surface area contributed by atoms with Crippen LogP contribution >= 0.6 is 23.4 Å². The third kappa shape index (κ3) is 5.50. The van der Waals surface area contributed by atoms with Crippen molar-refractivity contribution in [1.29, 1.82) is 0 Å². The Bertz CT molecular complexity index is 785. The van der Waals surface area contributed by atoms with E-state index in [4.69, 9.17) is 11.6 Å². The van der Waals surface area contributed by atoms with E-state index in [0.717, 1.165) is 21.9 Å². The minimum absolute atomic E-state index is 0.0409. The van der Waals surface area contributed by atoms with Gasteiger partial charge in [0.1, 0.15) is 0 Å². The summed E-state index contributed by atoms with van der Waals surface area (Å²) in [6, 6.07) is 15.3. The largest absolute Gasteiger partial charge is 0.338 e. The molecule has 1 fully saturated rings. The van der Waals surface area contributed by atoms with Gasteiger partial charge in [-0.3, -0.25) is 9.59 Å². The van der Waals surface area contributed by atoms with Crippen LogP contribution in [0.1, 0.15) is 21.5 Å². The quantitative estimate of drug-likeness (QED) is 0.762. The van der Waals surface area contributed by atoms with Gasteiger partial charge in [-0.25, -0.2) is 0 Å². The molecule has 0 spiro atoms. The van der Waals surface area contributed by atoms with Crippen molar-refractivity contribution in [2.24, 2.45) is 0 Å². The van der Waals surface area contributed by atoms with Crippen LogP contribution in [0.3, 0.4) is 0 Å². The highest BCUT2D eigenvalue weighted by atomic mass is 35.5. The molecular formula is C21H23ClN2O2S. The van der Waals surface area contributed by atoms with Crippen LogP contribution in [0.25, 0.3) is 0 Å². The normalized spacial score (nSPS) is 14.3. The maximum atomic E-state index is 12.5. The number of carbonyl (C=O) groups is 2. The third-order valence-electron chi connectivity index (χ3n) is 4.63. The maximum absolute atomic E-state index is 12.5. The molecule has 1 heterocycles. The van der Waals surface area contributed by atoms with Crippen LogP contribution < -0.4 is 0 Å². The van der Waals surface area contributed by atoms with Gasteiger partial charge in [0.15, 0.2) is 0 Å². The molecule has 0 aromatic heterocycles. The van der Waals surface area contributed by atoms with Crippen LogP contribution in [-0.4, -0.2) is 53.5 Å². The van der Waals surface area contributed by atoms with Gasteiger partial charge < -0.3 is 9.80 Å². The number of rotatable bonds is 5. The summed E-state index contributed by atoms with van der Waals surface area (Å²) in [4.78, 5) is 28.6. The Morgan fingerprint density at radius 3 is 2.15 bits per heavy atom. The van der Waals surface area contributed by atoms with E-state index in [0.29, 0.717) is 37.5 Å². The number of carbonyl (C=O) groups excluding carboxylic acids is 2. The van der Waals surface area contributed by atoms with E-state index >= 15 is 0 Å². The highest BCUT2D eigenvalue weighted by molar-refractivity contribution is 7.99. The molecule has 1 aliphatic rings. The molecule has 0 N–H and O–H groups in total. The lowest BCUT2D eigenvalue weighted by Crippen LogP contribution is -2.51. The zero-order valence-electron chi connectivity index (χ0n) is 15.4. The summed E-state index contributed by atoms with van der Waals surface area (Å²) in [5.41, 5.74) is 3.00. The third-order valence-corrected chi connectivity index (χ3v) is 5.87. The van der Waals surface area contributed by atoms with E-state index in [-0.39, 0.29) is 11.8 Å². The van der Waals surface area contributed by atoms with Gasteiger partial charge in [-0.2, -0.15) is 0 Å². The summed E-state index contributed by atoms with van der Waals surface area (Å²) in [5, 5.41) is 0.720. The Morgan fingerprint density at radius 1 is 0.926 bits per heavy atom. The second-order valence-corrected chi connectivity index (χ2v) is 8.08. The Balaban J connectivity index is 1.42. The van der Waals surface area contributed by atoms with Gasteiger partial charge in [0.2, 0.25) is 5.91 Å². The van der Waals surface area contributed by atoms with Crippen LogP contribution in [0, 0.1) is 6.92 Å². The van der Waals surface area contributed by atoms with Crippen LogP contribution in [0.2, 0.25) is 5.02 Å². The lowest BCUT2D eigenvalue weighted by Gasteiger charge is -2.34. The van der Waals surface area contributed by atoms with E-state index < -0.39 is 0 Å². The van der Waals surface area contributed by atoms with Crippen molar-refractivity contribution in [3.05, 3.63) is 70.2 Å². The van der Waals surface area contributed by atoms with Crippen LogP contribution in [0.4, 0.5) is 0 Å². The highest BCUT2D eigenvalue weighted by Gasteiger charge is 2.24. The minimum Gasteiger partial charge on any atom is -0.338 e. The number of benzene rings is 2. The summed E-state index contributed by atoms with van der Waals surface area (Å²) >= 11 is 7.49. The summed E-state index contributed by atoms with van der Waals surface area (Å²) in [6.07, 6.45) is 0. The molecule has 2 amide bonds. The Morgan fingerprint density at radius 2 is 1.52 bits per heavy atom. The maximum Gasteiger partial charge on any atom is 0.253 e. The average Bonchev–Trinajstić information content (AvgIpc) is 2.69. The number of piperazine rings is 1. The number of aryl methyl sites for hydroxylation is 1. The van der Waals surface area contributed by atoms with E-state index in [2.05, 4.69) is 0 Å². The minimum atomic E-state index is 0.0409. The number of halogens is 1. The molecule has 0 atom stereocenters. The predicted molar refractivity (Wildman–Crippen MR) is 111 cm³/mol. The zero-order valence-corrected chi connectivity index (χ0v) is 16.9. The van der Waals surface area contributed by atoms with Crippen LogP contribution in [-0.2, 0) is 10.5 Å². The molecule has 2 aromatic carbocycles. The average molecular weight is 403 g/mol. The standard InChI is InChI=1S/C21H23ClN2O2S/c1-16-2-6-18(7-3-16)21(26)24-12-10-23(11-13-24)20(25)15-27-14-17-4-8-19(22)9-5-17/h2-9H,10-15H2,1H3. The predicted octanol–water partition coefficient (Wildman–Crippen LogP) is 3.87. The number of amides is 2. The molecule has 1 saturated heterocycles. The first-order chi connectivity index (χ1) is 13.0. The first-order valence-electron chi connectivity index (χ1n) is 8.99. The van der Waals surface area contributed by atoms with Gasteiger partial charge in [-0.05, 0) is 36.8 Å². The molecule has 0 aliphatic carbocycles. The topological polar surface area (TPSA) is 40.6 Å². The van der Waals surface area contributed by atoms with E-state index in [9.17, 15) is 9.59 Å². The molecule has 0 radical (unpaired) electrons. The first-order valence-corrected chi connectivity index (χ1v) is 10.5. The molecule has 1 aliphatic heterocycles. The van der Waals surface area contributed by atoms with E-state index in [1.54, 1.807) is 11.8 Å². The number of nitrogens with zero attached hydrogens (tertiary/aromatic N) is 2. The number of thioether (sulfide) groups is 1. The summed E-state index contributed by atoms with van der Waals surface area (Å²) in [7, 11) is 0. The second kappa shape index (κ2) is 9.29. The fourth-order valence-corrected chi connectivity index (χ4v) is 3.98. The molecule has 2 aromatic rings. The Labute approximate surface area is 169 Å². The van der Waals surface area contributed by atoms with Gasteiger partial charge in [0, 0.05) is 42.5 Å². The van der Waals surface area contributed by atoms with Gasteiger partial charge in [0.05, 0.1) is 5.75 Å². The lowest BCUT2D eigenvalue weighted by atomic mass is 10.1. The summed E-state index contributed by atoms with van der Waals surface area (Å²) < 4.78 is 0. The molecule has 0 bridgehead atoms. The molecule has 142 valence electrons. The number of hydrogen-bond acceptors (Lipinski definition) is 3. The highest BCUT2D eigenvalue weighted by Crippen LogP contribution is 2.17. The monoisotopic (exact) mass is 402 g/mol. The van der Waals surface area contributed by atoms with Crippen molar-refractivity contribution in [3.8, 4) is 0 Å². The molecule has 4 nitrogen and oxygen atoms in total. The molecule has 6 heteroatoms. The van der Waals surface area contributed by atoms with Crippen molar-refractivity contribution in [3.63, 3.8) is 0 Å². The number of hydrogen-bond donors (Lipinski definition) is 0. The van der Waals surface area contributed by atoms with Gasteiger partial charge >= 0.3 is 0 Å². The second-order valence-electron chi connectivity index (χ2n) is 6.66. The summed E-state index contributed by atoms with van der Waals surface area (Å²) in [5.74, 6) is 1.42. The van der Waals surface area contributed by atoms with Crippen molar-refractivity contribution in [1.82, 2.24) is 9.80 Å². The van der Waals surface area contributed by atoms with Crippen molar-refractivity contribution < 1.29 is 9.59 Å². The first kappa shape index (κ1) is 19.8. The van der Waals surface area contributed by atoms with Crippen molar-refractivity contribution >= 4 is 35.2 Å². The lowest BCUT2D eigenvalue weighted by molar-refractivity contribution is -0.129. The molecule has 3 rings (SSSR count). The fourth-order valence-electron chi connectivity index (χ4n) is 2.97. The van der Waals surface area contributed by atoms with E-state index in [1.807, 2.05) is 65.3 Å². The van der Waals surface area contributed by atoms with E-state index in [1.165, 1.54) is 0 Å². The molecule has 27 heavy (non-hydrogen) atoms.